The highest BCUT2D eigenvalue weighted by Crippen LogP contribution is 2.61. The molecule has 6 aromatic rings. The largest absolute Gasteiger partial charge is 0.497 e. The van der Waals surface area contributed by atoms with Gasteiger partial charge in [-0.25, -0.2) is 4.99 Å². The Bertz CT molecular complexity index is 1780. The minimum atomic E-state index is -2.62. The van der Waals surface area contributed by atoms with Gasteiger partial charge in [0.15, 0.2) is 0 Å². The van der Waals surface area contributed by atoms with Crippen LogP contribution in [0, 0.1) is 0 Å². The molecular formula is C38H31N3OP+. The molecule has 0 radical (unpaired) electrons. The number of nitrogens with one attached hydrogen (secondary N) is 1. The van der Waals surface area contributed by atoms with E-state index in [1.165, 1.54) is 15.9 Å². The SMILES string of the molecule is COc1ccc(N(C2=Nc3ccccc3-c3ccccc3N2)[P+](c2ccccc2)(c2ccccc2)c2ccccc2)cc1. The highest BCUT2D eigenvalue weighted by atomic mass is 31.2. The lowest BCUT2D eigenvalue weighted by atomic mass is 10.0. The second kappa shape index (κ2) is 11.6. The molecule has 0 amide bonds. The molecule has 0 fully saturated rings. The first-order valence-electron chi connectivity index (χ1n) is 14.3. The van der Waals surface area contributed by atoms with Crippen molar-refractivity contribution in [2.75, 3.05) is 17.1 Å². The van der Waals surface area contributed by atoms with Crippen molar-refractivity contribution in [2.45, 2.75) is 0 Å². The Balaban J connectivity index is 1.61. The molecule has 0 bridgehead atoms. The van der Waals surface area contributed by atoms with Crippen molar-refractivity contribution in [2.24, 2.45) is 4.99 Å². The zero-order valence-corrected chi connectivity index (χ0v) is 24.7. The molecule has 1 N–H and O–H groups in total. The Morgan fingerprint density at radius 2 is 1.02 bits per heavy atom. The van der Waals surface area contributed by atoms with E-state index in [0.29, 0.717) is 0 Å². The van der Waals surface area contributed by atoms with Gasteiger partial charge < -0.3 is 10.1 Å². The summed E-state index contributed by atoms with van der Waals surface area (Å²) in [6.07, 6.45) is 0. The topological polar surface area (TPSA) is 36.9 Å². The summed E-state index contributed by atoms with van der Waals surface area (Å²) in [4.78, 5) is 5.44. The summed E-state index contributed by atoms with van der Waals surface area (Å²) < 4.78 is 8.04. The standard InChI is InChI=1S/C38H31N3OP/c1-42-30-27-25-29(26-28-30)41(38-39-36-23-13-11-21-34(36)35-22-12-14-24-37(35)40-38)43(31-15-5-2-6-16-31,32-17-7-3-8-18-32)33-19-9-4-10-20-33/h2-28H,1H3,(H,39,40)/q+1. The van der Waals surface area contributed by atoms with Crippen LogP contribution in [0.5, 0.6) is 5.75 Å². The van der Waals surface area contributed by atoms with E-state index in [2.05, 4.69) is 162 Å². The van der Waals surface area contributed by atoms with Crippen molar-refractivity contribution in [1.29, 1.82) is 0 Å². The third-order valence-corrected chi connectivity index (χ3v) is 12.0. The van der Waals surface area contributed by atoms with Gasteiger partial charge in [-0.3, -0.25) is 0 Å². The van der Waals surface area contributed by atoms with Crippen LogP contribution in [0.15, 0.2) is 169 Å². The Morgan fingerprint density at radius 1 is 0.535 bits per heavy atom. The summed E-state index contributed by atoms with van der Waals surface area (Å²) in [5.41, 5.74) is 5.15. The van der Waals surface area contributed by atoms with E-state index in [4.69, 9.17) is 9.73 Å². The molecule has 0 atom stereocenters. The van der Waals surface area contributed by atoms with Crippen LogP contribution >= 0.6 is 7.41 Å². The van der Waals surface area contributed by atoms with E-state index in [1.807, 2.05) is 12.1 Å². The lowest BCUT2D eigenvalue weighted by molar-refractivity contribution is 0.415. The van der Waals surface area contributed by atoms with E-state index in [1.54, 1.807) is 7.11 Å². The number of anilines is 2. The average molecular weight is 577 g/mol. The number of ether oxygens (including phenoxy) is 1. The number of guanidine groups is 1. The summed E-state index contributed by atoms with van der Waals surface area (Å²) in [6.45, 7) is 0. The van der Waals surface area contributed by atoms with Gasteiger partial charge in [0.25, 0.3) is 0 Å². The van der Waals surface area contributed by atoms with Gasteiger partial charge in [-0.1, -0.05) is 91.0 Å². The molecule has 6 aromatic carbocycles. The molecule has 43 heavy (non-hydrogen) atoms. The minimum Gasteiger partial charge on any atom is -0.497 e. The maximum absolute atomic E-state index is 5.59. The predicted octanol–water partition coefficient (Wildman–Crippen LogP) is 8.19. The van der Waals surface area contributed by atoms with Crippen LogP contribution in [-0.2, 0) is 0 Å². The van der Waals surface area contributed by atoms with Crippen molar-refractivity contribution in [1.82, 2.24) is 0 Å². The maximum Gasteiger partial charge on any atom is 0.242 e. The number of nitrogens with zero attached hydrogens (tertiary/aromatic N) is 2. The van der Waals surface area contributed by atoms with Gasteiger partial charge in [-0.2, -0.15) is 4.67 Å². The summed E-state index contributed by atoms with van der Waals surface area (Å²) in [7, 11) is -0.920. The molecule has 0 unspecified atom stereocenters. The summed E-state index contributed by atoms with van der Waals surface area (Å²) in [5.74, 6) is 1.56. The van der Waals surface area contributed by atoms with Crippen LogP contribution in [0.4, 0.5) is 17.1 Å². The monoisotopic (exact) mass is 576 g/mol. The Kier molecular flexibility index (Phi) is 7.20. The molecule has 1 aliphatic rings. The van der Waals surface area contributed by atoms with Gasteiger partial charge in [0.1, 0.15) is 21.7 Å². The van der Waals surface area contributed by atoms with Gasteiger partial charge in [0, 0.05) is 16.8 Å². The van der Waals surface area contributed by atoms with E-state index in [9.17, 15) is 0 Å². The number of benzene rings is 6. The van der Waals surface area contributed by atoms with Gasteiger partial charge in [-0.15, -0.1) is 0 Å². The fourth-order valence-corrected chi connectivity index (χ4v) is 10.1. The molecule has 208 valence electrons. The van der Waals surface area contributed by atoms with Crippen LogP contribution in [0.1, 0.15) is 0 Å². The number of methoxy groups -OCH3 is 1. The zero-order valence-electron chi connectivity index (χ0n) is 23.8. The molecule has 1 aliphatic heterocycles. The Labute approximate surface area is 253 Å². The van der Waals surface area contributed by atoms with Crippen molar-refractivity contribution in [3.63, 3.8) is 0 Å². The molecule has 0 saturated heterocycles. The van der Waals surface area contributed by atoms with Gasteiger partial charge in [0.05, 0.1) is 18.5 Å². The first-order chi connectivity index (χ1) is 21.3. The Hall–Kier alpha value is -5.18. The van der Waals surface area contributed by atoms with E-state index in [0.717, 1.165) is 39.9 Å². The van der Waals surface area contributed by atoms with E-state index >= 15 is 0 Å². The molecule has 0 spiro atoms. The van der Waals surface area contributed by atoms with Gasteiger partial charge >= 0.3 is 0 Å². The van der Waals surface area contributed by atoms with Crippen LogP contribution in [-0.4, -0.2) is 13.1 Å². The number of hydrogen-bond donors (Lipinski definition) is 1. The summed E-state index contributed by atoms with van der Waals surface area (Å²) in [5, 5.41) is 7.48. The van der Waals surface area contributed by atoms with Crippen molar-refractivity contribution in [3.8, 4) is 16.9 Å². The van der Waals surface area contributed by atoms with E-state index < -0.39 is 7.41 Å². The molecule has 0 aromatic heterocycles. The second-order valence-corrected chi connectivity index (χ2v) is 13.5. The number of para-hydroxylation sites is 2. The lowest BCUT2D eigenvalue weighted by Crippen LogP contribution is -2.48. The number of rotatable bonds is 6. The lowest BCUT2D eigenvalue weighted by Gasteiger charge is -2.38. The highest BCUT2D eigenvalue weighted by Gasteiger charge is 2.54. The summed E-state index contributed by atoms with van der Waals surface area (Å²) in [6, 6.07) is 57.7. The smallest absolute Gasteiger partial charge is 0.242 e. The first kappa shape index (κ1) is 26.7. The van der Waals surface area contributed by atoms with Gasteiger partial charge in [0.2, 0.25) is 13.4 Å². The molecule has 1 heterocycles. The molecule has 0 saturated carbocycles. The summed E-state index contributed by atoms with van der Waals surface area (Å²) >= 11 is 0. The Morgan fingerprint density at radius 3 is 1.58 bits per heavy atom. The molecule has 5 heteroatoms. The first-order valence-corrected chi connectivity index (χ1v) is 16.1. The number of hydrogen-bond acceptors (Lipinski definition) is 4. The molecular weight excluding hydrogens is 545 g/mol. The molecule has 0 aliphatic carbocycles. The number of aliphatic imine (C=N–C) groups is 1. The van der Waals surface area contributed by atoms with Crippen LogP contribution in [0.2, 0.25) is 0 Å². The molecule has 4 nitrogen and oxygen atoms in total. The maximum atomic E-state index is 5.59. The van der Waals surface area contributed by atoms with Gasteiger partial charge in [-0.05, 0) is 72.8 Å². The van der Waals surface area contributed by atoms with E-state index in [-0.39, 0.29) is 0 Å². The normalized spacial score (nSPS) is 12.2. The van der Waals surface area contributed by atoms with Crippen LogP contribution < -0.4 is 30.6 Å². The average Bonchev–Trinajstić information content (AvgIpc) is 3.25. The highest BCUT2D eigenvalue weighted by molar-refractivity contribution is 7.97. The van der Waals surface area contributed by atoms with Crippen molar-refractivity contribution in [3.05, 3.63) is 164 Å². The second-order valence-electron chi connectivity index (χ2n) is 10.3. The van der Waals surface area contributed by atoms with Crippen LogP contribution in [0.3, 0.4) is 0 Å². The predicted molar refractivity (Wildman–Crippen MR) is 183 cm³/mol. The fraction of sp³-hybridized carbons (Fsp3) is 0.0263. The zero-order chi connectivity index (χ0) is 29.1. The third-order valence-electron chi connectivity index (χ3n) is 7.80. The van der Waals surface area contributed by atoms with Crippen LogP contribution in [0.25, 0.3) is 11.1 Å². The van der Waals surface area contributed by atoms with Crippen molar-refractivity contribution < 1.29 is 4.74 Å². The minimum absolute atomic E-state index is 0.757. The quantitative estimate of drug-likeness (QED) is 0.203. The number of fused-ring (bicyclic) bond motifs is 3. The van der Waals surface area contributed by atoms with Crippen molar-refractivity contribution >= 4 is 46.3 Å². The fourth-order valence-electron chi connectivity index (χ4n) is 5.87. The molecule has 7 rings (SSSR count). The third kappa shape index (κ3) is 4.76.